The smallest absolute Gasteiger partial charge is 0.353 e. The molecule has 10 nitrogen and oxygen atoms in total. The van der Waals surface area contributed by atoms with Crippen LogP contribution in [0.4, 0.5) is 29.0 Å². The molecule has 1 aliphatic rings. The first-order valence-electron chi connectivity index (χ1n) is 8.51. The number of nitro groups is 1. The Morgan fingerprint density at radius 3 is 2.59 bits per heavy atom. The highest BCUT2D eigenvalue weighted by Crippen LogP contribution is 2.35. The van der Waals surface area contributed by atoms with Crippen molar-refractivity contribution in [2.45, 2.75) is 26.1 Å². The molecule has 1 aliphatic heterocycles. The first-order valence-corrected chi connectivity index (χ1v) is 8.51. The van der Waals surface area contributed by atoms with Crippen LogP contribution in [0.1, 0.15) is 13.8 Å². The van der Waals surface area contributed by atoms with E-state index in [1.54, 1.807) is 24.3 Å². The van der Waals surface area contributed by atoms with Gasteiger partial charge >= 0.3 is 5.69 Å². The second-order valence-corrected chi connectivity index (χ2v) is 6.35. The lowest BCUT2D eigenvalue weighted by atomic mass is 10.2. The third-order valence-corrected chi connectivity index (χ3v) is 4.14. The Kier molecular flexibility index (Phi) is 5.26. The van der Waals surface area contributed by atoms with E-state index in [4.69, 9.17) is 15.2 Å². The molecule has 2 atom stereocenters. The molecule has 2 heterocycles. The van der Waals surface area contributed by atoms with Crippen molar-refractivity contribution < 1.29 is 14.4 Å². The Balaban J connectivity index is 2.03. The van der Waals surface area contributed by atoms with Gasteiger partial charge in [-0.15, -0.1) is 0 Å². The van der Waals surface area contributed by atoms with E-state index in [0.717, 1.165) is 0 Å². The lowest BCUT2D eigenvalue weighted by Gasteiger charge is -2.35. The predicted molar refractivity (Wildman–Crippen MR) is 102 cm³/mol. The summed E-state index contributed by atoms with van der Waals surface area (Å²) in [5.41, 5.74) is 6.06. The van der Waals surface area contributed by atoms with E-state index >= 15 is 0 Å². The van der Waals surface area contributed by atoms with Crippen molar-refractivity contribution in [3.63, 3.8) is 0 Å². The minimum atomic E-state index is -0.596. The molecule has 1 saturated heterocycles. The van der Waals surface area contributed by atoms with Gasteiger partial charge in [0, 0.05) is 13.1 Å². The van der Waals surface area contributed by atoms with Gasteiger partial charge in [-0.1, -0.05) is 12.1 Å². The summed E-state index contributed by atoms with van der Waals surface area (Å²) in [4.78, 5) is 21.4. The van der Waals surface area contributed by atoms with E-state index < -0.39 is 4.92 Å². The molecule has 1 aromatic carbocycles. The number of benzene rings is 1. The number of aromatic nitrogens is 2. The van der Waals surface area contributed by atoms with Gasteiger partial charge in [0.1, 0.15) is 5.75 Å². The molecular formula is C17H22N6O4. The van der Waals surface area contributed by atoms with Gasteiger partial charge < -0.3 is 25.4 Å². The summed E-state index contributed by atoms with van der Waals surface area (Å²) >= 11 is 0. The number of rotatable bonds is 5. The Bertz CT molecular complexity index is 836. The molecule has 1 fully saturated rings. The number of nitrogens with one attached hydrogen (secondary N) is 1. The van der Waals surface area contributed by atoms with Crippen molar-refractivity contribution in [2.24, 2.45) is 0 Å². The molecule has 0 spiro atoms. The number of nitrogens with zero attached hydrogens (tertiary/aromatic N) is 4. The Hall–Kier alpha value is -3.14. The van der Waals surface area contributed by atoms with Crippen LogP contribution < -0.4 is 20.7 Å². The maximum Gasteiger partial charge on any atom is 0.353 e. The summed E-state index contributed by atoms with van der Waals surface area (Å²) in [5, 5.41) is 14.5. The first-order chi connectivity index (χ1) is 12.9. The third kappa shape index (κ3) is 4.00. The molecule has 10 heteroatoms. The monoisotopic (exact) mass is 374 g/mol. The topological polar surface area (TPSA) is 129 Å². The number of hydrogen-bond donors (Lipinski definition) is 2. The zero-order chi connectivity index (χ0) is 19.6. The van der Waals surface area contributed by atoms with Crippen molar-refractivity contribution in [1.29, 1.82) is 0 Å². The standard InChI is InChI=1S/C17H22N6O4/c1-10-8-22(9-11(2)27-10)17-20-15(18)14(23(24)25)16(21-17)19-12-6-4-5-7-13(12)26-3/h4-7,10-11H,8-9H2,1-3H3,(H3,18,19,20,21). The van der Waals surface area contributed by atoms with E-state index in [2.05, 4.69) is 15.3 Å². The van der Waals surface area contributed by atoms with Gasteiger partial charge in [0.2, 0.25) is 17.6 Å². The van der Waals surface area contributed by atoms with Crippen LogP contribution in [-0.4, -0.2) is 47.3 Å². The largest absolute Gasteiger partial charge is 0.495 e. The number of nitrogen functional groups attached to an aromatic ring is 1. The van der Waals surface area contributed by atoms with Gasteiger partial charge in [-0.2, -0.15) is 9.97 Å². The van der Waals surface area contributed by atoms with Crippen LogP contribution in [-0.2, 0) is 4.74 Å². The highest BCUT2D eigenvalue weighted by molar-refractivity contribution is 5.76. The average Bonchev–Trinajstić information content (AvgIpc) is 2.60. The van der Waals surface area contributed by atoms with E-state index in [0.29, 0.717) is 30.5 Å². The lowest BCUT2D eigenvalue weighted by Crippen LogP contribution is -2.46. The number of morpholine rings is 1. The third-order valence-electron chi connectivity index (χ3n) is 4.14. The lowest BCUT2D eigenvalue weighted by molar-refractivity contribution is -0.383. The molecule has 0 aliphatic carbocycles. The average molecular weight is 374 g/mol. The molecule has 2 aromatic rings. The van der Waals surface area contributed by atoms with Crippen molar-refractivity contribution >= 4 is 29.0 Å². The molecule has 0 amide bonds. The van der Waals surface area contributed by atoms with E-state index in [-0.39, 0.29) is 29.5 Å². The van der Waals surface area contributed by atoms with Crippen LogP contribution in [0.2, 0.25) is 0 Å². The summed E-state index contributed by atoms with van der Waals surface area (Å²) in [5.74, 6) is 0.657. The molecule has 0 saturated carbocycles. The Morgan fingerprint density at radius 1 is 1.30 bits per heavy atom. The number of ether oxygens (including phenoxy) is 2. The summed E-state index contributed by atoms with van der Waals surface area (Å²) in [6.07, 6.45) is -0.0289. The molecule has 0 radical (unpaired) electrons. The maximum absolute atomic E-state index is 11.5. The van der Waals surface area contributed by atoms with Gasteiger partial charge in [-0.3, -0.25) is 10.1 Å². The molecule has 0 bridgehead atoms. The fourth-order valence-corrected chi connectivity index (χ4v) is 3.09. The Morgan fingerprint density at radius 2 is 1.96 bits per heavy atom. The normalized spacial score (nSPS) is 19.6. The van der Waals surface area contributed by atoms with Gasteiger partial charge in [0.15, 0.2) is 0 Å². The highest BCUT2D eigenvalue weighted by atomic mass is 16.6. The van der Waals surface area contributed by atoms with Crippen molar-refractivity contribution in [2.75, 3.05) is 36.1 Å². The zero-order valence-corrected chi connectivity index (χ0v) is 15.4. The van der Waals surface area contributed by atoms with E-state index in [1.165, 1.54) is 7.11 Å². The van der Waals surface area contributed by atoms with Crippen LogP contribution >= 0.6 is 0 Å². The molecule has 144 valence electrons. The fourth-order valence-electron chi connectivity index (χ4n) is 3.09. The van der Waals surface area contributed by atoms with E-state index in [1.807, 2.05) is 18.7 Å². The minimum Gasteiger partial charge on any atom is -0.495 e. The van der Waals surface area contributed by atoms with Crippen LogP contribution in [0, 0.1) is 10.1 Å². The first kappa shape index (κ1) is 18.6. The maximum atomic E-state index is 11.5. The van der Waals surface area contributed by atoms with Gasteiger partial charge in [0.25, 0.3) is 0 Å². The van der Waals surface area contributed by atoms with Crippen LogP contribution in [0.15, 0.2) is 24.3 Å². The summed E-state index contributed by atoms with van der Waals surface area (Å²) in [6.45, 7) is 5.03. The molecule has 2 unspecified atom stereocenters. The predicted octanol–water partition coefficient (Wildman–Crippen LogP) is 2.33. The second-order valence-electron chi connectivity index (χ2n) is 6.35. The Labute approximate surface area is 156 Å². The fraction of sp³-hybridized carbons (Fsp3) is 0.412. The van der Waals surface area contributed by atoms with Crippen molar-refractivity contribution in [3.8, 4) is 5.75 Å². The van der Waals surface area contributed by atoms with Crippen LogP contribution in [0.3, 0.4) is 0 Å². The number of anilines is 4. The minimum absolute atomic E-state index is 0.0128. The van der Waals surface area contributed by atoms with Crippen molar-refractivity contribution in [1.82, 2.24) is 9.97 Å². The molecular weight excluding hydrogens is 352 g/mol. The quantitative estimate of drug-likeness (QED) is 0.598. The molecule has 3 rings (SSSR count). The molecule has 3 N–H and O–H groups in total. The van der Waals surface area contributed by atoms with Gasteiger partial charge in [0.05, 0.1) is 29.9 Å². The van der Waals surface area contributed by atoms with Crippen molar-refractivity contribution in [3.05, 3.63) is 34.4 Å². The SMILES string of the molecule is COc1ccccc1Nc1nc(N2CC(C)OC(C)C2)nc(N)c1[N+](=O)[O-]. The number of methoxy groups -OCH3 is 1. The van der Waals surface area contributed by atoms with Gasteiger partial charge in [-0.05, 0) is 26.0 Å². The summed E-state index contributed by atoms with van der Waals surface area (Å²) in [6, 6.07) is 7.06. The van der Waals surface area contributed by atoms with Crippen LogP contribution in [0.5, 0.6) is 5.75 Å². The second kappa shape index (κ2) is 7.62. The van der Waals surface area contributed by atoms with E-state index in [9.17, 15) is 10.1 Å². The summed E-state index contributed by atoms with van der Waals surface area (Å²) in [7, 11) is 1.52. The van der Waals surface area contributed by atoms with Gasteiger partial charge in [-0.25, -0.2) is 0 Å². The number of nitrogens with two attached hydrogens (primary N) is 1. The number of hydrogen-bond acceptors (Lipinski definition) is 9. The molecule has 27 heavy (non-hydrogen) atoms. The zero-order valence-electron chi connectivity index (χ0n) is 15.4. The van der Waals surface area contributed by atoms with Crippen LogP contribution in [0.25, 0.3) is 0 Å². The summed E-state index contributed by atoms with van der Waals surface area (Å²) < 4.78 is 11.0. The number of para-hydroxylation sites is 2. The highest BCUT2D eigenvalue weighted by Gasteiger charge is 2.29. The molecule has 1 aromatic heterocycles.